The standard InChI is InChI=1S/C13H12ClF2NO3/c1-6(13(19)20)17(7-2-3-7)12(18)8-4-11(16)9(14)5-10(8)15/h4-7H,2-3H2,1H3,(H,19,20). The van der Waals surface area contributed by atoms with Crippen LogP contribution in [0, 0.1) is 11.6 Å². The molecule has 0 heterocycles. The van der Waals surface area contributed by atoms with Gasteiger partial charge in [-0.15, -0.1) is 0 Å². The minimum Gasteiger partial charge on any atom is -0.480 e. The molecule has 2 rings (SSSR count). The molecule has 1 atom stereocenters. The average Bonchev–Trinajstić information content (AvgIpc) is 3.18. The highest BCUT2D eigenvalue weighted by molar-refractivity contribution is 6.30. The lowest BCUT2D eigenvalue weighted by Gasteiger charge is -2.26. The van der Waals surface area contributed by atoms with Gasteiger partial charge in [0, 0.05) is 6.04 Å². The van der Waals surface area contributed by atoms with Gasteiger partial charge in [0.05, 0.1) is 10.6 Å². The molecule has 0 bridgehead atoms. The van der Waals surface area contributed by atoms with E-state index in [-0.39, 0.29) is 6.04 Å². The lowest BCUT2D eigenvalue weighted by molar-refractivity contribution is -0.141. The molecule has 1 fully saturated rings. The maximum Gasteiger partial charge on any atom is 0.326 e. The number of hydrogen-bond acceptors (Lipinski definition) is 2. The second kappa shape index (κ2) is 5.36. The lowest BCUT2D eigenvalue weighted by Crippen LogP contribution is -2.45. The number of benzene rings is 1. The third kappa shape index (κ3) is 2.75. The largest absolute Gasteiger partial charge is 0.480 e. The molecule has 0 radical (unpaired) electrons. The molecule has 0 aromatic heterocycles. The van der Waals surface area contributed by atoms with E-state index in [2.05, 4.69) is 0 Å². The molecule has 0 saturated heterocycles. The van der Waals surface area contributed by atoms with Crippen molar-refractivity contribution in [1.29, 1.82) is 0 Å². The quantitative estimate of drug-likeness (QED) is 0.870. The Morgan fingerprint density at radius 1 is 1.35 bits per heavy atom. The predicted octanol–water partition coefficient (Wildman–Crippen LogP) is 2.70. The molecule has 7 heteroatoms. The summed E-state index contributed by atoms with van der Waals surface area (Å²) in [5, 5.41) is 8.58. The molecular weight excluding hydrogens is 292 g/mol. The Bertz CT molecular complexity index is 575. The number of aliphatic carboxylic acids is 1. The van der Waals surface area contributed by atoms with E-state index in [1.54, 1.807) is 0 Å². The van der Waals surface area contributed by atoms with Crippen molar-refractivity contribution in [2.75, 3.05) is 0 Å². The fourth-order valence-corrected chi connectivity index (χ4v) is 2.11. The predicted molar refractivity (Wildman–Crippen MR) is 67.7 cm³/mol. The molecule has 1 N–H and O–H groups in total. The average molecular weight is 304 g/mol. The van der Waals surface area contributed by atoms with Gasteiger partial charge < -0.3 is 10.0 Å². The Morgan fingerprint density at radius 2 is 1.95 bits per heavy atom. The summed E-state index contributed by atoms with van der Waals surface area (Å²) >= 11 is 5.42. The molecule has 1 aromatic rings. The van der Waals surface area contributed by atoms with E-state index in [4.69, 9.17) is 16.7 Å². The van der Waals surface area contributed by atoms with E-state index in [9.17, 15) is 18.4 Å². The smallest absolute Gasteiger partial charge is 0.326 e. The van der Waals surface area contributed by atoms with Crippen LogP contribution in [0.4, 0.5) is 8.78 Å². The Morgan fingerprint density at radius 3 is 2.45 bits per heavy atom. The summed E-state index contributed by atoms with van der Waals surface area (Å²) in [6.45, 7) is 1.34. The van der Waals surface area contributed by atoms with Crippen molar-refractivity contribution >= 4 is 23.5 Å². The van der Waals surface area contributed by atoms with Gasteiger partial charge in [-0.1, -0.05) is 11.6 Å². The van der Waals surface area contributed by atoms with Gasteiger partial charge in [-0.25, -0.2) is 13.6 Å². The molecule has 1 unspecified atom stereocenters. The summed E-state index contributed by atoms with van der Waals surface area (Å²) in [5.74, 6) is -3.92. The number of carbonyl (C=O) groups is 2. The van der Waals surface area contributed by atoms with Crippen LogP contribution in [-0.4, -0.2) is 34.0 Å². The number of amides is 1. The molecule has 108 valence electrons. The van der Waals surface area contributed by atoms with Crippen LogP contribution in [-0.2, 0) is 4.79 Å². The van der Waals surface area contributed by atoms with Gasteiger partial charge >= 0.3 is 5.97 Å². The highest BCUT2D eigenvalue weighted by Crippen LogP contribution is 2.31. The number of hydrogen-bond donors (Lipinski definition) is 1. The molecule has 1 saturated carbocycles. The van der Waals surface area contributed by atoms with E-state index in [0.29, 0.717) is 25.0 Å². The first-order chi connectivity index (χ1) is 9.32. The molecular formula is C13H12ClF2NO3. The van der Waals surface area contributed by atoms with Gasteiger partial charge in [0.25, 0.3) is 5.91 Å². The van der Waals surface area contributed by atoms with E-state index in [1.807, 2.05) is 0 Å². The SMILES string of the molecule is CC(C(=O)O)N(C(=O)c1cc(F)c(Cl)cc1F)C1CC1. The summed E-state index contributed by atoms with van der Waals surface area (Å²) in [6.07, 6.45) is 1.31. The van der Waals surface area contributed by atoms with Gasteiger partial charge in [0.2, 0.25) is 0 Å². The van der Waals surface area contributed by atoms with Crippen LogP contribution in [0.3, 0.4) is 0 Å². The first kappa shape index (κ1) is 14.7. The molecule has 20 heavy (non-hydrogen) atoms. The zero-order valence-electron chi connectivity index (χ0n) is 10.6. The summed E-state index contributed by atoms with van der Waals surface area (Å²) in [4.78, 5) is 24.4. The maximum atomic E-state index is 13.7. The molecule has 4 nitrogen and oxygen atoms in total. The van der Waals surface area contributed by atoms with Crippen molar-refractivity contribution in [3.8, 4) is 0 Å². The normalized spacial score (nSPS) is 15.8. The van der Waals surface area contributed by atoms with Crippen molar-refractivity contribution in [2.24, 2.45) is 0 Å². The first-order valence-electron chi connectivity index (χ1n) is 6.03. The second-order valence-electron chi connectivity index (χ2n) is 4.70. The topological polar surface area (TPSA) is 57.6 Å². The van der Waals surface area contributed by atoms with Crippen molar-refractivity contribution in [1.82, 2.24) is 4.90 Å². The fourth-order valence-electron chi connectivity index (χ4n) is 1.96. The van der Waals surface area contributed by atoms with Crippen LogP contribution in [0.15, 0.2) is 12.1 Å². The number of nitrogens with zero attached hydrogens (tertiary/aromatic N) is 1. The Hall–Kier alpha value is -1.69. The van der Waals surface area contributed by atoms with Crippen LogP contribution in [0.25, 0.3) is 0 Å². The summed E-state index contributed by atoms with van der Waals surface area (Å²) in [6, 6.07) is 0.0600. The summed E-state index contributed by atoms with van der Waals surface area (Å²) < 4.78 is 27.1. The highest BCUT2D eigenvalue weighted by atomic mass is 35.5. The first-order valence-corrected chi connectivity index (χ1v) is 6.40. The fraction of sp³-hybridized carbons (Fsp3) is 0.385. The van der Waals surface area contributed by atoms with Crippen molar-refractivity contribution in [3.05, 3.63) is 34.4 Å². The Labute approximate surface area is 118 Å². The third-order valence-electron chi connectivity index (χ3n) is 3.19. The van der Waals surface area contributed by atoms with Crippen LogP contribution in [0.2, 0.25) is 5.02 Å². The highest BCUT2D eigenvalue weighted by Gasteiger charge is 2.39. The third-order valence-corrected chi connectivity index (χ3v) is 3.48. The zero-order chi connectivity index (χ0) is 15.0. The minimum atomic E-state index is -1.19. The molecule has 0 aliphatic heterocycles. The number of carboxylic acid groups (broad SMARTS) is 1. The molecule has 0 spiro atoms. The zero-order valence-corrected chi connectivity index (χ0v) is 11.3. The van der Waals surface area contributed by atoms with Gasteiger partial charge in [-0.2, -0.15) is 0 Å². The van der Waals surface area contributed by atoms with Gasteiger partial charge in [-0.05, 0) is 31.9 Å². The van der Waals surface area contributed by atoms with Gasteiger partial charge in [0.15, 0.2) is 0 Å². The molecule has 1 aliphatic carbocycles. The van der Waals surface area contributed by atoms with Crippen molar-refractivity contribution in [2.45, 2.75) is 31.8 Å². The molecule has 1 aromatic carbocycles. The number of carbonyl (C=O) groups excluding carboxylic acids is 1. The van der Waals surface area contributed by atoms with E-state index in [1.165, 1.54) is 6.92 Å². The summed E-state index contributed by atoms with van der Waals surface area (Å²) in [7, 11) is 0. The van der Waals surface area contributed by atoms with Crippen molar-refractivity contribution < 1.29 is 23.5 Å². The number of halogens is 3. The van der Waals surface area contributed by atoms with Crippen LogP contribution in [0.5, 0.6) is 0 Å². The summed E-state index contributed by atoms with van der Waals surface area (Å²) in [5.41, 5.74) is -0.507. The van der Waals surface area contributed by atoms with Gasteiger partial charge in [0.1, 0.15) is 17.7 Å². The van der Waals surface area contributed by atoms with Crippen LogP contribution < -0.4 is 0 Å². The number of rotatable bonds is 4. The van der Waals surface area contributed by atoms with Gasteiger partial charge in [-0.3, -0.25) is 4.79 Å². The van der Waals surface area contributed by atoms with E-state index >= 15 is 0 Å². The minimum absolute atomic E-state index is 0.244. The molecule has 1 amide bonds. The van der Waals surface area contributed by atoms with Crippen LogP contribution in [0.1, 0.15) is 30.1 Å². The molecule has 1 aliphatic rings. The van der Waals surface area contributed by atoms with E-state index < -0.39 is 40.1 Å². The monoisotopic (exact) mass is 303 g/mol. The Kier molecular flexibility index (Phi) is 3.94. The lowest BCUT2D eigenvalue weighted by atomic mass is 10.1. The van der Waals surface area contributed by atoms with Crippen LogP contribution >= 0.6 is 11.6 Å². The number of carboxylic acids is 1. The second-order valence-corrected chi connectivity index (χ2v) is 5.11. The Balaban J connectivity index is 2.37. The maximum absolute atomic E-state index is 13.7. The van der Waals surface area contributed by atoms with E-state index in [0.717, 1.165) is 4.90 Å². The van der Waals surface area contributed by atoms with Crippen molar-refractivity contribution in [3.63, 3.8) is 0 Å².